The highest BCUT2D eigenvalue weighted by molar-refractivity contribution is 6.11. The summed E-state index contributed by atoms with van der Waals surface area (Å²) in [6.45, 7) is 0. The molecule has 1 spiro atoms. The van der Waals surface area contributed by atoms with Gasteiger partial charge in [0.15, 0.2) is 0 Å². The monoisotopic (exact) mass is 711 g/mol. The smallest absolute Gasteiger partial charge is 0.0975 e. The Morgan fingerprint density at radius 3 is 1.82 bits per heavy atom. The molecule has 8 aromatic carbocycles. The zero-order chi connectivity index (χ0) is 36.5. The average molecular weight is 712 g/mol. The number of allylic oxidation sites excluding steroid dienone is 1. The van der Waals surface area contributed by atoms with Gasteiger partial charge in [0.05, 0.1) is 39.4 Å². The van der Waals surface area contributed by atoms with Gasteiger partial charge in [-0.15, -0.1) is 0 Å². The summed E-state index contributed by atoms with van der Waals surface area (Å²) in [5, 5.41) is 5.00. The molecule has 0 atom stereocenters. The van der Waals surface area contributed by atoms with Crippen molar-refractivity contribution in [2.45, 2.75) is 18.3 Å². The molecular formula is C53H33N3. The maximum Gasteiger partial charge on any atom is 0.0975 e. The molecule has 0 radical (unpaired) electrons. The van der Waals surface area contributed by atoms with E-state index in [1.807, 2.05) is 6.20 Å². The van der Waals surface area contributed by atoms with E-state index in [1.165, 1.54) is 93.9 Å². The van der Waals surface area contributed by atoms with Crippen LogP contribution in [0.3, 0.4) is 0 Å². The highest BCUT2D eigenvalue weighted by Gasteiger charge is 2.52. The van der Waals surface area contributed by atoms with Gasteiger partial charge < -0.3 is 4.57 Å². The zero-order valence-corrected chi connectivity index (χ0v) is 30.5. The fourth-order valence-corrected chi connectivity index (χ4v) is 10.7. The second kappa shape index (κ2) is 11.0. The molecule has 0 bridgehead atoms. The third-order valence-electron chi connectivity index (χ3n) is 12.9. The Morgan fingerprint density at radius 1 is 0.500 bits per heavy atom. The van der Waals surface area contributed by atoms with Crippen LogP contribution in [-0.2, 0) is 11.8 Å². The van der Waals surface area contributed by atoms with Gasteiger partial charge in [0.2, 0.25) is 0 Å². The van der Waals surface area contributed by atoms with Crippen LogP contribution in [0.4, 0.5) is 0 Å². The van der Waals surface area contributed by atoms with Crippen LogP contribution in [0.2, 0.25) is 0 Å². The molecule has 0 unspecified atom stereocenters. The van der Waals surface area contributed by atoms with E-state index in [4.69, 9.17) is 9.97 Å². The predicted octanol–water partition coefficient (Wildman–Crippen LogP) is 12.8. The topological polar surface area (TPSA) is 30.7 Å². The maximum absolute atomic E-state index is 5.48. The van der Waals surface area contributed by atoms with Crippen molar-refractivity contribution in [2.75, 3.05) is 0 Å². The van der Waals surface area contributed by atoms with Gasteiger partial charge in [0.25, 0.3) is 0 Å². The Kier molecular flexibility index (Phi) is 5.94. The van der Waals surface area contributed by atoms with E-state index in [-0.39, 0.29) is 0 Å². The number of benzene rings is 8. The highest BCUT2D eigenvalue weighted by atomic mass is 15.0. The van der Waals surface area contributed by atoms with E-state index in [2.05, 4.69) is 174 Å². The van der Waals surface area contributed by atoms with Gasteiger partial charge in [0.1, 0.15) is 0 Å². The standard InChI is InChI=1S/C53H33N3/c1-3-19-42-34(13-1)35-14-2-4-20-43(35)52-51(42)54-31-48(55-52)32-25-27-38-39-28-26-33(56-49-23-11-7-17-40(49)41-18-8-12-24-50(41)56)30-47(39)53(46(38)29-32)44-21-9-5-15-36(44)37-16-6-10-22-45(37)53/h1,3-13,15-31H,2,14H2. The van der Waals surface area contributed by atoms with E-state index in [9.17, 15) is 0 Å². The van der Waals surface area contributed by atoms with Crippen LogP contribution in [0.1, 0.15) is 39.8 Å². The molecule has 0 saturated carbocycles. The lowest BCUT2D eigenvalue weighted by Gasteiger charge is -2.31. The first-order chi connectivity index (χ1) is 27.8. The summed E-state index contributed by atoms with van der Waals surface area (Å²) in [5.41, 5.74) is 20.0. The predicted molar refractivity (Wildman–Crippen MR) is 230 cm³/mol. The van der Waals surface area contributed by atoms with Crippen LogP contribution in [0.5, 0.6) is 0 Å². The Bertz CT molecular complexity index is 3280. The number of rotatable bonds is 2. The first kappa shape index (κ1) is 30.3. The lowest BCUT2D eigenvalue weighted by molar-refractivity contribution is 0.793. The van der Waals surface area contributed by atoms with E-state index in [0.717, 1.165) is 35.1 Å². The molecule has 2 aromatic heterocycles. The fraction of sp³-hybridized carbons (Fsp3) is 0.0566. The lowest BCUT2D eigenvalue weighted by Crippen LogP contribution is -2.26. The summed E-state index contributed by atoms with van der Waals surface area (Å²) in [7, 11) is 0. The van der Waals surface area contributed by atoms with Gasteiger partial charge in [-0.2, -0.15) is 0 Å². The minimum Gasteiger partial charge on any atom is -0.309 e. The van der Waals surface area contributed by atoms with E-state index in [1.54, 1.807) is 0 Å². The third kappa shape index (κ3) is 3.77. The van der Waals surface area contributed by atoms with Crippen LogP contribution in [-0.4, -0.2) is 14.5 Å². The number of aryl methyl sites for hydroxylation is 1. The summed E-state index contributed by atoms with van der Waals surface area (Å²) >= 11 is 0. The number of nitrogens with zero attached hydrogens (tertiary/aromatic N) is 3. The number of aromatic nitrogens is 3. The fourth-order valence-electron chi connectivity index (χ4n) is 10.7. The summed E-state index contributed by atoms with van der Waals surface area (Å²) in [5.74, 6) is 0. The minimum atomic E-state index is -0.509. The summed E-state index contributed by atoms with van der Waals surface area (Å²) in [6.07, 6.45) is 8.60. The van der Waals surface area contributed by atoms with E-state index >= 15 is 0 Å². The van der Waals surface area contributed by atoms with Crippen molar-refractivity contribution in [3.05, 3.63) is 203 Å². The van der Waals surface area contributed by atoms with Crippen molar-refractivity contribution in [3.63, 3.8) is 0 Å². The van der Waals surface area contributed by atoms with Crippen molar-refractivity contribution in [1.82, 2.24) is 14.5 Å². The van der Waals surface area contributed by atoms with Crippen molar-refractivity contribution in [3.8, 4) is 39.2 Å². The molecule has 10 aromatic rings. The Morgan fingerprint density at radius 2 is 1.09 bits per heavy atom. The van der Waals surface area contributed by atoms with Gasteiger partial charge >= 0.3 is 0 Å². The van der Waals surface area contributed by atoms with Crippen molar-refractivity contribution in [2.24, 2.45) is 0 Å². The largest absolute Gasteiger partial charge is 0.309 e. The second-order valence-electron chi connectivity index (χ2n) is 15.5. The molecule has 3 aliphatic carbocycles. The number of fused-ring (bicyclic) bond motifs is 19. The normalized spacial score (nSPS) is 14.4. The molecule has 0 amide bonds. The Labute approximate surface area is 323 Å². The van der Waals surface area contributed by atoms with Crippen LogP contribution in [0.25, 0.3) is 88.9 Å². The molecular weight excluding hydrogens is 679 g/mol. The Balaban J connectivity index is 1.09. The summed E-state index contributed by atoms with van der Waals surface area (Å²) in [6, 6.07) is 58.5. The molecule has 3 heteroatoms. The molecule has 3 aliphatic rings. The van der Waals surface area contributed by atoms with Crippen LogP contribution in [0, 0.1) is 0 Å². The van der Waals surface area contributed by atoms with Gasteiger partial charge in [0, 0.05) is 33.0 Å². The van der Waals surface area contributed by atoms with Crippen molar-refractivity contribution in [1.29, 1.82) is 0 Å². The summed E-state index contributed by atoms with van der Waals surface area (Å²) in [4.78, 5) is 10.7. The molecule has 0 aliphatic heterocycles. The van der Waals surface area contributed by atoms with Crippen LogP contribution in [0.15, 0.2) is 170 Å². The number of para-hydroxylation sites is 2. The van der Waals surface area contributed by atoms with Gasteiger partial charge in [-0.05, 0) is 98.6 Å². The molecule has 260 valence electrons. The highest BCUT2D eigenvalue weighted by Crippen LogP contribution is 2.63. The molecule has 0 saturated heterocycles. The first-order valence-corrected chi connectivity index (χ1v) is 19.6. The molecule has 0 fully saturated rings. The van der Waals surface area contributed by atoms with E-state index in [0.29, 0.717) is 0 Å². The average Bonchev–Trinajstić information content (AvgIpc) is 3.88. The molecule has 2 heterocycles. The SMILES string of the molecule is C1=Cc2c(c3ccccc3c3ncc(-c4ccc5c(c4)C4(c6ccccc6-c6ccccc64)c4cc(-n6c7ccccc7c7ccccc76)ccc4-5)nc23)CC1. The van der Waals surface area contributed by atoms with Crippen LogP contribution >= 0.6 is 0 Å². The summed E-state index contributed by atoms with van der Waals surface area (Å²) < 4.78 is 2.45. The lowest BCUT2D eigenvalue weighted by atomic mass is 9.70. The number of hydrogen-bond donors (Lipinski definition) is 0. The van der Waals surface area contributed by atoms with Crippen molar-refractivity contribution >= 4 is 49.7 Å². The second-order valence-corrected chi connectivity index (χ2v) is 15.5. The number of hydrogen-bond acceptors (Lipinski definition) is 2. The molecule has 56 heavy (non-hydrogen) atoms. The zero-order valence-electron chi connectivity index (χ0n) is 30.5. The minimum absolute atomic E-state index is 0.509. The van der Waals surface area contributed by atoms with Crippen LogP contribution < -0.4 is 0 Å². The van der Waals surface area contributed by atoms with E-state index < -0.39 is 5.41 Å². The quantitative estimate of drug-likeness (QED) is 0.167. The Hall–Kier alpha value is -7.10. The van der Waals surface area contributed by atoms with Gasteiger partial charge in [-0.25, -0.2) is 4.98 Å². The van der Waals surface area contributed by atoms with Gasteiger partial charge in [-0.1, -0.05) is 140 Å². The molecule has 0 N–H and O–H groups in total. The van der Waals surface area contributed by atoms with Crippen molar-refractivity contribution < 1.29 is 0 Å². The first-order valence-electron chi connectivity index (χ1n) is 19.6. The molecule has 13 rings (SSSR count). The third-order valence-corrected chi connectivity index (χ3v) is 12.9. The maximum atomic E-state index is 5.48. The van der Waals surface area contributed by atoms with Gasteiger partial charge in [-0.3, -0.25) is 4.98 Å². The molecule has 3 nitrogen and oxygen atoms in total.